The molecule has 0 atom stereocenters. The van der Waals surface area contributed by atoms with Crippen LogP contribution in [-0.2, 0) is 38.4 Å². The number of fused-ring (bicyclic) bond motifs is 1. The monoisotopic (exact) mass is 640 g/mol. The van der Waals surface area contributed by atoms with Crippen LogP contribution in [0.2, 0.25) is 0 Å². The molecule has 2 aliphatic rings. The first-order valence-electron chi connectivity index (χ1n) is 15.2. The van der Waals surface area contributed by atoms with Gasteiger partial charge in [-0.15, -0.1) is 0 Å². The standard InChI is InChI=1S/C33H38F2N4O7/c1-44-19-24(20-45-2)39-32(42)27(26-5-4-6-28(34)31(26)35)17-37(33(39)43)18-30(41)36-12-10-23(11-13-36)38-14-9-22-15-25(46-3)8-7-21(22)16-29(38)40/h4-8,15,17,23-24H,9-14,16,18-20H2,1-3H3. The molecule has 46 heavy (non-hydrogen) atoms. The first kappa shape index (κ1) is 33.0. The molecule has 0 aliphatic carbocycles. The Morgan fingerprint density at radius 3 is 2.33 bits per heavy atom. The molecule has 246 valence electrons. The Hall–Kier alpha value is -4.36. The summed E-state index contributed by atoms with van der Waals surface area (Å²) in [6, 6.07) is 8.26. The summed E-state index contributed by atoms with van der Waals surface area (Å²) in [5.41, 5.74) is -0.204. The third-order valence-electron chi connectivity index (χ3n) is 8.77. The van der Waals surface area contributed by atoms with E-state index in [-0.39, 0.29) is 42.2 Å². The fourth-order valence-corrected chi connectivity index (χ4v) is 6.36. The summed E-state index contributed by atoms with van der Waals surface area (Å²) in [5, 5.41) is 0. The summed E-state index contributed by atoms with van der Waals surface area (Å²) in [6.07, 6.45) is 3.24. The largest absolute Gasteiger partial charge is 0.497 e. The number of carbonyl (C=O) groups is 2. The zero-order chi connectivity index (χ0) is 33.0. The molecule has 2 aromatic carbocycles. The number of carbonyl (C=O) groups excluding carboxylic acids is 2. The molecule has 0 saturated carbocycles. The molecular weight excluding hydrogens is 602 g/mol. The molecule has 0 N–H and O–H groups in total. The Balaban J connectivity index is 1.35. The van der Waals surface area contributed by atoms with Crippen molar-refractivity contribution in [3.8, 4) is 16.9 Å². The van der Waals surface area contributed by atoms with E-state index >= 15 is 0 Å². The van der Waals surface area contributed by atoms with Gasteiger partial charge in [0.25, 0.3) is 5.56 Å². The van der Waals surface area contributed by atoms with Gasteiger partial charge >= 0.3 is 5.69 Å². The lowest BCUT2D eigenvalue weighted by molar-refractivity contribution is -0.136. The summed E-state index contributed by atoms with van der Waals surface area (Å²) in [5.74, 6) is -1.99. The summed E-state index contributed by atoms with van der Waals surface area (Å²) < 4.78 is 46.7. The van der Waals surface area contributed by atoms with Crippen molar-refractivity contribution in [2.24, 2.45) is 0 Å². The van der Waals surface area contributed by atoms with Gasteiger partial charge in [-0.25, -0.2) is 13.6 Å². The van der Waals surface area contributed by atoms with Crippen molar-refractivity contribution in [1.82, 2.24) is 18.9 Å². The number of hydrogen-bond donors (Lipinski definition) is 0. The summed E-state index contributed by atoms with van der Waals surface area (Å²) in [4.78, 5) is 57.4. The zero-order valence-electron chi connectivity index (χ0n) is 26.2. The topological polar surface area (TPSA) is 112 Å². The predicted octanol–water partition coefficient (Wildman–Crippen LogP) is 2.42. The number of methoxy groups -OCH3 is 3. The highest BCUT2D eigenvalue weighted by Gasteiger charge is 2.32. The van der Waals surface area contributed by atoms with Crippen molar-refractivity contribution in [2.45, 2.75) is 44.3 Å². The minimum Gasteiger partial charge on any atom is -0.497 e. The number of piperidine rings is 1. The number of halogens is 2. The van der Waals surface area contributed by atoms with Crippen LogP contribution < -0.4 is 16.0 Å². The Bertz CT molecular complexity index is 1710. The predicted molar refractivity (Wildman–Crippen MR) is 165 cm³/mol. The van der Waals surface area contributed by atoms with Crippen molar-refractivity contribution >= 4 is 11.8 Å². The van der Waals surface area contributed by atoms with Crippen LogP contribution in [0.1, 0.15) is 30.0 Å². The van der Waals surface area contributed by atoms with Gasteiger partial charge in [0, 0.05) is 51.7 Å². The Kier molecular flexibility index (Phi) is 10.3. The van der Waals surface area contributed by atoms with Gasteiger partial charge < -0.3 is 24.0 Å². The van der Waals surface area contributed by atoms with E-state index in [0.717, 1.165) is 38.3 Å². The van der Waals surface area contributed by atoms with Crippen LogP contribution in [0, 0.1) is 11.6 Å². The van der Waals surface area contributed by atoms with E-state index in [2.05, 4.69) is 0 Å². The van der Waals surface area contributed by atoms with Gasteiger partial charge in [0.2, 0.25) is 11.8 Å². The van der Waals surface area contributed by atoms with Crippen molar-refractivity contribution in [3.63, 3.8) is 0 Å². The molecule has 1 fully saturated rings. The molecule has 3 aromatic rings. The van der Waals surface area contributed by atoms with Gasteiger partial charge in [-0.3, -0.25) is 23.5 Å². The molecule has 1 saturated heterocycles. The molecule has 0 radical (unpaired) electrons. The molecule has 2 aliphatic heterocycles. The Labute approximate surface area is 264 Å². The number of amides is 2. The van der Waals surface area contributed by atoms with E-state index in [9.17, 15) is 28.0 Å². The van der Waals surface area contributed by atoms with Gasteiger partial charge in [0.05, 0.1) is 38.3 Å². The lowest BCUT2D eigenvalue weighted by Crippen LogP contribution is -2.51. The fourth-order valence-electron chi connectivity index (χ4n) is 6.36. The van der Waals surface area contributed by atoms with Crippen LogP contribution in [-0.4, -0.2) is 91.0 Å². The van der Waals surface area contributed by atoms with Crippen molar-refractivity contribution in [3.05, 3.63) is 86.2 Å². The molecule has 13 heteroatoms. The third kappa shape index (κ3) is 6.75. The van der Waals surface area contributed by atoms with E-state index in [1.54, 1.807) is 12.0 Å². The number of aromatic nitrogens is 2. The first-order chi connectivity index (χ1) is 22.2. The molecule has 0 bridgehead atoms. The number of nitrogens with zero attached hydrogens (tertiary/aromatic N) is 4. The number of ether oxygens (including phenoxy) is 3. The number of likely N-dealkylation sites (tertiary alicyclic amines) is 1. The maximum absolute atomic E-state index is 14.9. The second kappa shape index (κ2) is 14.4. The lowest BCUT2D eigenvalue weighted by Gasteiger charge is -2.38. The highest BCUT2D eigenvalue weighted by molar-refractivity contribution is 5.80. The molecule has 3 heterocycles. The maximum atomic E-state index is 14.9. The molecule has 1 aromatic heterocycles. The minimum absolute atomic E-state index is 0.0382. The smallest absolute Gasteiger partial charge is 0.331 e. The maximum Gasteiger partial charge on any atom is 0.331 e. The molecule has 5 rings (SSSR count). The number of rotatable bonds is 10. The van der Waals surface area contributed by atoms with Crippen molar-refractivity contribution in [1.29, 1.82) is 0 Å². The van der Waals surface area contributed by atoms with E-state index in [4.69, 9.17) is 14.2 Å². The highest BCUT2D eigenvalue weighted by atomic mass is 19.2. The van der Waals surface area contributed by atoms with Crippen LogP contribution in [0.25, 0.3) is 11.1 Å². The molecular formula is C33H38F2N4O7. The van der Waals surface area contributed by atoms with Gasteiger partial charge in [0.15, 0.2) is 11.6 Å². The molecule has 0 spiro atoms. The molecule has 11 nitrogen and oxygen atoms in total. The van der Waals surface area contributed by atoms with E-state index in [1.807, 2.05) is 23.1 Å². The van der Waals surface area contributed by atoms with Crippen LogP contribution in [0.4, 0.5) is 8.78 Å². The highest BCUT2D eigenvalue weighted by Crippen LogP contribution is 2.26. The normalized spacial score (nSPS) is 15.7. The average molecular weight is 641 g/mol. The number of hydrogen-bond acceptors (Lipinski definition) is 7. The van der Waals surface area contributed by atoms with Crippen LogP contribution in [0.5, 0.6) is 5.75 Å². The second-order valence-electron chi connectivity index (χ2n) is 11.6. The van der Waals surface area contributed by atoms with Crippen LogP contribution in [0.3, 0.4) is 0 Å². The lowest BCUT2D eigenvalue weighted by atomic mass is 10.0. The van der Waals surface area contributed by atoms with Crippen molar-refractivity contribution < 1.29 is 32.6 Å². The summed E-state index contributed by atoms with van der Waals surface area (Å²) in [7, 11) is 4.40. The zero-order valence-corrected chi connectivity index (χ0v) is 26.2. The number of benzene rings is 2. The Morgan fingerprint density at radius 1 is 0.935 bits per heavy atom. The third-order valence-corrected chi connectivity index (χ3v) is 8.77. The molecule has 2 amide bonds. The van der Waals surface area contributed by atoms with Gasteiger partial charge in [-0.05, 0) is 48.6 Å². The van der Waals surface area contributed by atoms with Crippen LogP contribution >= 0.6 is 0 Å². The first-order valence-corrected chi connectivity index (χ1v) is 15.2. The van der Waals surface area contributed by atoms with Gasteiger partial charge in [0.1, 0.15) is 12.3 Å². The van der Waals surface area contributed by atoms with E-state index < -0.39 is 35.5 Å². The van der Waals surface area contributed by atoms with Gasteiger partial charge in [-0.1, -0.05) is 18.2 Å². The average Bonchev–Trinajstić information content (AvgIpc) is 3.21. The quantitative estimate of drug-likeness (QED) is 0.335. The van der Waals surface area contributed by atoms with Gasteiger partial charge in [-0.2, -0.15) is 0 Å². The van der Waals surface area contributed by atoms with Crippen LogP contribution in [0.15, 0.2) is 52.2 Å². The minimum atomic E-state index is -1.25. The summed E-state index contributed by atoms with van der Waals surface area (Å²) >= 11 is 0. The van der Waals surface area contributed by atoms with E-state index in [0.29, 0.717) is 45.3 Å². The SMILES string of the molecule is COCC(COC)n1c(=O)c(-c2cccc(F)c2F)cn(CC(=O)N2CCC(N3CCc4cc(OC)ccc4CC3=O)CC2)c1=O. The Morgan fingerprint density at radius 2 is 1.65 bits per heavy atom. The van der Waals surface area contributed by atoms with E-state index in [1.165, 1.54) is 26.4 Å². The fraction of sp³-hybridized carbons (Fsp3) is 0.455. The van der Waals surface area contributed by atoms with Crippen molar-refractivity contribution in [2.75, 3.05) is 54.2 Å². The summed E-state index contributed by atoms with van der Waals surface area (Å²) in [6.45, 7) is 0.715. The molecule has 0 unspecified atom stereocenters. The second-order valence-corrected chi connectivity index (χ2v) is 11.6.